The van der Waals surface area contributed by atoms with Gasteiger partial charge < -0.3 is 14.4 Å². The van der Waals surface area contributed by atoms with E-state index in [1.807, 2.05) is 13.0 Å². The molecule has 0 fully saturated rings. The molecule has 0 unspecified atom stereocenters. The smallest absolute Gasteiger partial charge is 0.270 e. The van der Waals surface area contributed by atoms with Crippen molar-refractivity contribution in [3.63, 3.8) is 0 Å². The van der Waals surface area contributed by atoms with Crippen LogP contribution in [0.5, 0.6) is 0 Å². The molecule has 5 heteroatoms. The van der Waals surface area contributed by atoms with Gasteiger partial charge in [-0.05, 0) is 43.4 Å². The average Bonchev–Trinajstić information content (AvgIpc) is 3.16. The molecule has 1 aromatic carbocycles. The quantitative estimate of drug-likeness (QED) is 0.762. The minimum atomic E-state index is -0.0463. The summed E-state index contributed by atoms with van der Waals surface area (Å²) >= 11 is 0. The Morgan fingerprint density at radius 2 is 1.92 bits per heavy atom. The zero-order valence-electron chi connectivity index (χ0n) is 15.7. The topological polar surface area (TPSA) is 62.1 Å². The van der Waals surface area contributed by atoms with Crippen molar-refractivity contribution < 1.29 is 9.32 Å². The van der Waals surface area contributed by atoms with Gasteiger partial charge in [0.2, 0.25) is 0 Å². The van der Waals surface area contributed by atoms with E-state index in [0.717, 1.165) is 27.7 Å². The molecular weight excluding hydrogens is 314 g/mol. The van der Waals surface area contributed by atoms with Crippen molar-refractivity contribution in [3.8, 4) is 0 Å². The summed E-state index contributed by atoms with van der Waals surface area (Å²) in [6.07, 6.45) is 0. The molecule has 0 aliphatic heterocycles. The van der Waals surface area contributed by atoms with Crippen molar-refractivity contribution in [2.24, 2.45) is 0 Å². The van der Waals surface area contributed by atoms with Crippen LogP contribution < -0.4 is 0 Å². The molecule has 132 valence electrons. The molecule has 2 heterocycles. The first kappa shape index (κ1) is 17.3. The van der Waals surface area contributed by atoms with Crippen LogP contribution in [0.3, 0.4) is 0 Å². The van der Waals surface area contributed by atoms with Gasteiger partial charge in [0, 0.05) is 24.0 Å². The molecule has 0 atom stereocenters. The van der Waals surface area contributed by atoms with E-state index in [-0.39, 0.29) is 5.91 Å². The van der Waals surface area contributed by atoms with Gasteiger partial charge in [-0.2, -0.15) is 0 Å². The number of hydrogen-bond acceptors (Lipinski definition) is 3. The van der Waals surface area contributed by atoms with Crippen LogP contribution in [-0.4, -0.2) is 28.0 Å². The standard InChI is InChI=1S/C20H25N3O2/c1-11(2)16-9-15(25-22-16)10-23(6)20(24)19-14(5)17-12(3)7-8-13(4)18(17)21-19/h7-9,11,21H,10H2,1-6H3. The monoisotopic (exact) mass is 339 g/mol. The molecule has 1 amide bonds. The van der Waals surface area contributed by atoms with Crippen molar-refractivity contribution in [3.05, 3.63) is 52.0 Å². The van der Waals surface area contributed by atoms with Crippen molar-refractivity contribution in [1.29, 1.82) is 0 Å². The number of benzene rings is 1. The third kappa shape index (κ3) is 3.06. The number of H-pyrrole nitrogens is 1. The van der Waals surface area contributed by atoms with Gasteiger partial charge in [0.05, 0.1) is 12.2 Å². The van der Waals surface area contributed by atoms with Crippen molar-refractivity contribution >= 4 is 16.8 Å². The van der Waals surface area contributed by atoms with Crippen LogP contribution in [-0.2, 0) is 6.54 Å². The highest BCUT2D eigenvalue weighted by molar-refractivity contribution is 6.02. The maximum absolute atomic E-state index is 12.9. The highest BCUT2D eigenvalue weighted by Gasteiger charge is 2.21. The maximum Gasteiger partial charge on any atom is 0.270 e. The zero-order valence-corrected chi connectivity index (χ0v) is 15.7. The van der Waals surface area contributed by atoms with Crippen LogP contribution >= 0.6 is 0 Å². The average molecular weight is 339 g/mol. The summed E-state index contributed by atoms with van der Waals surface area (Å²) < 4.78 is 5.36. The molecule has 1 N–H and O–H groups in total. The van der Waals surface area contributed by atoms with Crippen molar-refractivity contribution in [2.45, 2.75) is 47.1 Å². The van der Waals surface area contributed by atoms with Crippen LogP contribution in [0.15, 0.2) is 22.7 Å². The number of aromatic nitrogens is 2. The third-order valence-electron chi connectivity index (χ3n) is 4.74. The number of carbonyl (C=O) groups excluding carboxylic acids is 1. The summed E-state index contributed by atoms with van der Waals surface area (Å²) in [5.41, 5.74) is 5.89. The predicted octanol–water partition coefficient (Wildman–Crippen LogP) is 4.48. The number of hydrogen-bond donors (Lipinski definition) is 1. The fraction of sp³-hybridized carbons (Fsp3) is 0.400. The lowest BCUT2D eigenvalue weighted by molar-refractivity contribution is 0.0766. The van der Waals surface area contributed by atoms with Crippen LogP contribution in [0.4, 0.5) is 0 Å². The van der Waals surface area contributed by atoms with Gasteiger partial charge in [-0.3, -0.25) is 4.79 Å². The Hall–Kier alpha value is -2.56. The van der Waals surface area contributed by atoms with E-state index in [1.165, 1.54) is 5.56 Å². The van der Waals surface area contributed by atoms with E-state index >= 15 is 0 Å². The molecular formula is C20H25N3O2. The third-order valence-corrected chi connectivity index (χ3v) is 4.74. The van der Waals surface area contributed by atoms with E-state index in [2.05, 4.69) is 50.0 Å². The summed E-state index contributed by atoms with van der Waals surface area (Å²) in [5.74, 6) is 0.955. The maximum atomic E-state index is 12.9. The Labute approximate surface area is 148 Å². The number of rotatable bonds is 4. The van der Waals surface area contributed by atoms with Crippen molar-refractivity contribution in [1.82, 2.24) is 15.0 Å². The number of amides is 1. The first-order valence-electron chi connectivity index (χ1n) is 8.59. The summed E-state index contributed by atoms with van der Waals surface area (Å²) in [6, 6.07) is 6.09. The molecule has 0 aliphatic carbocycles. The van der Waals surface area contributed by atoms with Gasteiger partial charge in [0.1, 0.15) is 5.69 Å². The summed E-state index contributed by atoms with van der Waals surface area (Å²) in [7, 11) is 1.78. The summed E-state index contributed by atoms with van der Waals surface area (Å²) in [6.45, 7) is 10.6. The lowest BCUT2D eigenvalue weighted by atomic mass is 10.0. The number of carbonyl (C=O) groups is 1. The van der Waals surface area contributed by atoms with Gasteiger partial charge in [0.15, 0.2) is 5.76 Å². The van der Waals surface area contributed by atoms with Crippen LogP contribution in [0.1, 0.15) is 58.4 Å². The Kier molecular flexibility index (Phi) is 4.41. The molecule has 0 aliphatic rings. The Morgan fingerprint density at radius 3 is 2.52 bits per heavy atom. The van der Waals surface area contributed by atoms with Crippen molar-refractivity contribution in [2.75, 3.05) is 7.05 Å². The Bertz CT molecular complexity index is 934. The fourth-order valence-electron chi connectivity index (χ4n) is 3.18. The number of aromatic amines is 1. The largest absolute Gasteiger partial charge is 0.359 e. The summed E-state index contributed by atoms with van der Waals surface area (Å²) in [5, 5.41) is 5.19. The highest BCUT2D eigenvalue weighted by atomic mass is 16.5. The number of nitrogens with zero attached hydrogens (tertiary/aromatic N) is 2. The first-order chi connectivity index (χ1) is 11.8. The highest BCUT2D eigenvalue weighted by Crippen LogP contribution is 2.28. The van der Waals surface area contributed by atoms with Gasteiger partial charge >= 0.3 is 0 Å². The van der Waals surface area contributed by atoms with Crippen LogP contribution in [0, 0.1) is 20.8 Å². The van der Waals surface area contributed by atoms with Gasteiger partial charge in [0.25, 0.3) is 5.91 Å². The minimum Gasteiger partial charge on any atom is -0.359 e. The Balaban J connectivity index is 1.89. The molecule has 3 aromatic rings. The fourth-order valence-corrected chi connectivity index (χ4v) is 3.18. The predicted molar refractivity (Wildman–Crippen MR) is 98.9 cm³/mol. The lowest BCUT2D eigenvalue weighted by Gasteiger charge is -2.15. The molecule has 0 saturated heterocycles. The molecule has 3 rings (SSSR count). The van der Waals surface area contributed by atoms with E-state index in [4.69, 9.17) is 4.52 Å². The van der Waals surface area contributed by atoms with Gasteiger partial charge in [-0.1, -0.05) is 31.1 Å². The normalized spacial score (nSPS) is 11.5. The minimum absolute atomic E-state index is 0.0463. The van der Waals surface area contributed by atoms with E-state index in [1.54, 1.807) is 11.9 Å². The molecule has 25 heavy (non-hydrogen) atoms. The number of nitrogens with one attached hydrogen (secondary N) is 1. The van der Waals surface area contributed by atoms with Crippen LogP contribution in [0.25, 0.3) is 10.9 Å². The molecule has 0 bridgehead atoms. The van der Waals surface area contributed by atoms with Crippen LogP contribution in [0.2, 0.25) is 0 Å². The molecule has 0 saturated carbocycles. The summed E-state index contributed by atoms with van der Waals surface area (Å²) in [4.78, 5) is 17.9. The zero-order chi connectivity index (χ0) is 18.3. The number of fused-ring (bicyclic) bond motifs is 1. The SMILES string of the molecule is Cc1ccc(C)c2c(C)c(C(=O)N(C)Cc3cc(C(C)C)no3)[nH]c12. The van der Waals surface area contributed by atoms with E-state index in [9.17, 15) is 4.79 Å². The second-order valence-electron chi connectivity index (χ2n) is 7.11. The molecule has 0 spiro atoms. The molecule has 0 radical (unpaired) electrons. The molecule has 2 aromatic heterocycles. The lowest BCUT2D eigenvalue weighted by Crippen LogP contribution is -2.26. The van der Waals surface area contributed by atoms with E-state index in [0.29, 0.717) is 23.9 Å². The van der Waals surface area contributed by atoms with Gasteiger partial charge in [-0.25, -0.2) is 0 Å². The van der Waals surface area contributed by atoms with Gasteiger partial charge in [-0.15, -0.1) is 0 Å². The Morgan fingerprint density at radius 1 is 1.24 bits per heavy atom. The second kappa shape index (κ2) is 6.39. The molecule has 5 nitrogen and oxygen atoms in total. The first-order valence-corrected chi connectivity index (χ1v) is 8.59. The van der Waals surface area contributed by atoms with E-state index < -0.39 is 0 Å². The second-order valence-corrected chi connectivity index (χ2v) is 7.11. The number of aryl methyl sites for hydroxylation is 3.